The van der Waals surface area contributed by atoms with Gasteiger partial charge in [-0.25, -0.2) is 4.79 Å². The van der Waals surface area contributed by atoms with Crippen molar-refractivity contribution in [2.45, 2.75) is 102 Å². The van der Waals surface area contributed by atoms with Gasteiger partial charge in [-0.3, -0.25) is 9.48 Å². The van der Waals surface area contributed by atoms with Gasteiger partial charge in [0, 0.05) is 36.5 Å². The lowest BCUT2D eigenvalue weighted by Gasteiger charge is -2.55. The molecule has 5 fully saturated rings. The molecule has 1 heterocycles. The molecule has 2 amide bonds. The van der Waals surface area contributed by atoms with E-state index in [1.165, 1.54) is 24.0 Å². The average molecular weight is 655 g/mol. The fourth-order valence-corrected chi connectivity index (χ4v) is 8.65. The Bertz CT molecular complexity index is 1600. The lowest BCUT2D eigenvalue weighted by molar-refractivity contribution is -0.124. The quantitative estimate of drug-likeness (QED) is 0.229. The van der Waals surface area contributed by atoms with Crippen molar-refractivity contribution >= 4 is 17.7 Å². The first-order valence-electron chi connectivity index (χ1n) is 18.0. The second-order valence-electron chi connectivity index (χ2n) is 14.9. The van der Waals surface area contributed by atoms with Crippen molar-refractivity contribution in [3.63, 3.8) is 0 Å². The minimum absolute atomic E-state index is 0.0941. The molecule has 0 unspecified atom stereocenters. The summed E-state index contributed by atoms with van der Waals surface area (Å²) in [5, 5.41) is 16.2. The van der Waals surface area contributed by atoms with Gasteiger partial charge in [0.1, 0.15) is 11.9 Å². The number of hydrogen-bond donors (Lipinski definition) is 2. The van der Waals surface area contributed by atoms with E-state index in [0.717, 1.165) is 67.6 Å². The third-order valence-corrected chi connectivity index (χ3v) is 11.9. The van der Waals surface area contributed by atoms with E-state index in [0.29, 0.717) is 31.7 Å². The van der Waals surface area contributed by atoms with E-state index in [9.17, 15) is 9.59 Å². The minimum atomic E-state index is -0.503. The highest BCUT2D eigenvalue weighted by Gasteiger charge is 2.50. The second-order valence-corrected chi connectivity index (χ2v) is 14.9. The molecule has 1 aromatic heterocycles. The van der Waals surface area contributed by atoms with Crippen molar-refractivity contribution in [2.24, 2.45) is 11.3 Å². The first kappa shape index (κ1) is 32.7. The van der Waals surface area contributed by atoms with E-state index >= 15 is 0 Å². The maximum atomic E-state index is 14.6. The van der Waals surface area contributed by atoms with Crippen LogP contribution in [0.2, 0.25) is 0 Å². The zero-order chi connectivity index (χ0) is 33.3. The summed E-state index contributed by atoms with van der Waals surface area (Å²) in [6.07, 6.45) is 15.2. The molecule has 256 valence electrons. The molecule has 8 rings (SSSR count). The van der Waals surface area contributed by atoms with E-state index in [2.05, 4.69) is 75.6 Å². The predicted molar refractivity (Wildman–Crippen MR) is 185 cm³/mol. The fraction of sp³-hybridized carbons (Fsp3) is 0.564. The van der Waals surface area contributed by atoms with Crippen LogP contribution in [0.5, 0.6) is 5.75 Å². The van der Waals surface area contributed by atoms with E-state index in [1.807, 2.05) is 6.20 Å². The number of benzene rings is 2. The van der Waals surface area contributed by atoms with E-state index in [1.54, 1.807) is 7.11 Å². The van der Waals surface area contributed by atoms with Crippen LogP contribution in [0.4, 0.5) is 10.5 Å². The number of aliphatic hydroxyl groups excluding tert-OH is 1. The highest BCUT2D eigenvalue weighted by atomic mass is 16.6. The van der Waals surface area contributed by atoms with Crippen molar-refractivity contribution in [3.05, 3.63) is 66.0 Å². The second kappa shape index (κ2) is 13.6. The minimum Gasteiger partial charge on any atom is -0.496 e. The summed E-state index contributed by atoms with van der Waals surface area (Å²) in [6.45, 7) is 2.91. The van der Waals surface area contributed by atoms with Crippen LogP contribution < -0.4 is 15.0 Å². The van der Waals surface area contributed by atoms with Gasteiger partial charge in [0.05, 0.1) is 26.0 Å². The molecule has 9 heteroatoms. The maximum absolute atomic E-state index is 14.6. The summed E-state index contributed by atoms with van der Waals surface area (Å²) >= 11 is 0. The number of hydrogen-bond acceptors (Lipinski definition) is 6. The number of alkyl carbamates (subject to hydrolysis) is 1. The number of amides is 2. The molecule has 3 aromatic rings. The predicted octanol–water partition coefficient (Wildman–Crippen LogP) is 7.10. The Balaban J connectivity index is 1.10. The lowest BCUT2D eigenvalue weighted by Crippen LogP contribution is -2.51. The molecule has 0 saturated heterocycles. The smallest absolute Gasteiger partial charge is 0.407 e. The molecule has 0 aliphatic heterocycles. The Morgan fingerprint density at radius 3 is 2.40 bits per heavy atom. The Labute approximate surface area is 284 Å². The number of methoxy groups -OCH3 is 1. The van der Waals surface area contributed by atoms with Crippen LogP contribution in [0, 0.1) is 18.3 Å². The Morgan fingerprint density at radius 2 is 1.73 bits per heavy atom. The fourth-order valence-electron chi connectivity index (χ4n) is 8.65. The molecule has 5 aliphatic carbocycles. The number of aromatic nitrogens is 2. The van der Waals surface area contributed by atoms with Gasteiger partial charge in [-0.2, -0.15) is 5.10 Å². The van der Waals surface area contributed by atoms with Gasteiger partial charge >= 0.3 is 6.09 Å². The van der Waals surface area contributed by atoms with Crippen LogP contribution >= 0.6 is 0 Å². The van der Waals surface area contributed by atoms with Gasteiger partial charge in [0.2, 0.25) is 5.91 Å². The van der Waals surface area contributed by atoms with E-state index in [4.69, 9.17) is 14.6 Å². The number of aryl methyl sites for hydroxylation is 1. The lowest BCUT2D eigenvalue weighted by atomic mass is 9.51. The standard InChI is InChI=1S/C39H50N4O5/c1-27-22-31(8-13-35(27)47-2)39-17-14-38(15-18-39,16-19-39)26-42(36(45)28-6-11-34(12-7-28)48-37(46)40-20-21-44)33-5-3-4-29(23-33)30-24-41-43(25-30)32-9-10-32/h3-5,8,13,22-25,28,32,34,44H,6-7,9-12,14-21,26H2,1-2H3,(H,40,46)/t28-,34-,38?,39?. The highest BCUT2D eigenvalue weighted by molar-refractivity contribution is 5.96. The molecular formula is C39H50N4O5. The van der Waals surface area contributed by atoms with E-state index in [-0.39, 0.29) is 41.9 Å². The van der Waals surface area contributed by atoms with E-state index < -0.39 is 6.09 Å². The maximum Gasteiger partial charge on any atom is 0.407 e. The third kappa shape index (κ3) is 6.71. The van der Waals surface area contributed by atoms with Crippen molar-refractivity contribution in [1.82, 2.24) is 15.1 Å². The monoisotopic (exact) mass is 654 g/mol. The number of ether oxygens (including phenoxy) is 2. The topological polar surface area (TPSA) is 106 Å². The van der Waals surface area contributed by atoms with Gasteiger partial charge in [-0.15, -0.1) is 0 Å². The van der Waals surface area contributed by atoms with Gasteiger partial charge in [0.15, 0.2) is 0 Å². The molecule has 0 radical (unpaired) electrons. The van der Waals surface area contributed by atoms with Crippen LogP contribution in [0.3, 0.4) is 0 Å². The number of carbonyl (C=O) groups excluding carboxylic acids is 2. The van der Waals surface area contributed by atoms with Crippen LogP contribution in [-0.4, -0.2) is 59.8 Å². The number of rotatable bonds is 11. The number of anilines is 1. The summed E-state index contributed by atoms with van der Waals surface area (Å²) in [5.41, 5.74) is 6.06. The van der Waals surface area contributed by atoms with Crippen molar-refractivity contribution < 1.29 is 24.2 Å². The zero-order valence-electron chi connectivity index (χ0n) is 28.5. The van der Waals surface area contributed by atoms with Crippen molar-refractivity contribution in [1.29, 1.82) is 0 Å². The Morgan fingerprint density at radius 1 is 0.979 bits per heavy atom. The molecule has 2 bridgehead atoms. The number of nitrogens with one attached hydrogen (secondary N) is 1. The normalized spacial score (nSPS) is 26.6. The molecule has 48 heavy (non-hydrogen) atoms. The molecule has 5 aliphatic rings. The van der Waals surface area contributed by atoms with Crippen molar-refractivity contribution in [2.75, 3.05) is 31.7 Å². The van der Waals surface area contributed by atoms with Crippen LogP contribution in [0.15, 0.2) is 54.9 Å². The Hall–Kier alpha value is -3.85. The number of aliphatic hydroxyl groups is 1. The summed E-state index contributed by atoms with van der Waals surface area (Å²) in [7, 11) is 1.73. The van der Waals surface area contributed by atoms with Crippen LogP contribution in [0.1, 0.15) is 94.2 Å². The summed E-state index contributed by atoms with van der Waals surface area (Å²) in [6, 6.07) is 15.7. The first-order valence-corrected chi connectivity index (χ1v) is 18.0. The van der Waals surface area contributed by atoms with Gasteiger partial charge in [-0.05, 0) is 130 Å². The molecule has 9 nitrogen and oxygen atoms in total. The van der Waals surface area contributed by atoms with Crippen LogP contribution in [0.25, 0.3) is 11.1 Å². The van der Waals surface area contributed by atoms with Gasteiger partial charge in [0.25, 0.3) is 0 Å². The first-order chi connectivity index (χ1) is 23.3. The van der Waals surface area contributed by atoms with Gasteiger partial charge < -0.3 is 24.8 Å². The molecule has 2 N–H and O–H groups in total. The zero-order valence-corrected chi connectivity index (χ0v) is 28.5. The molecule has 0 spiro atoms. The largest absolute Gasteiger partial charge is 0.496 e. The van der Waals surface area contributed by atoms with Gasteiger partial charge in [-0.1, -0.05) is 24.3 Å². The number of fused-ring (bicyclic) bond motifs is 3. The summed E-state index contributed by atoms with van der Waals surface area (Å²) in [4.78, 5) is 28.8. The molecule has 2 aromatic carbocycles. The SMILES string of the molecule is COc1ccc(C23CCC(CN(c4cccc(-c5cnn(C6CC6)c5)c4)C(=O)[C@H]4CC[C@H](OC(=O)NCCO)CC4)(CC2)CC3)cc1C. The number of carbonyl (C=O) groups is 2. The van der Waals surface area contributed by atoms with Crippen LogP contribution in [-0.2, 0) is 14.9 Å². The van der Waals surface area contributed by atoms with Crippen molar-refractivity contribution in [3.8, 4) is 16.9 Å². The summed E-state index contributed by atoms with van der Waals surface area (Å²) in [5.74, 6) is 1.01. The molecular weight excluding hydrogens is 604 g/mol. The Kier molecular flexibility index (Phi) is 9.24. The summed E-state index contributed by atoms with van der Waals surface area (Å²) < 4.78 is 13.2. The molecule has 5 saturated carbocycles. The number of nitrogens with zero attached hydrogens (tertiary/aromatic N) is 3. The highest BCUT2D eigenvalue weighted by Crippen LogP contribution is 2.58. The average Bonchev–Trinajstić information content (AvgIpc) is 3.86. The molecule has 0 atom stereocenters. The third-order valence-electron chi connectivity index (χ3n) is 11.9.